The van der Waals surface area contributed by atoms with Crippen LogP contribution < -0.4 is 0 Å². The summed E-state index contributed by atoms with van der Waals surface area (Å²) in [4.78, 5) is 19.6. The Morgan fingerprint density at radius 1 is 1.28 bits per heavy atom. The number of fused-ring (bicyclic) bond motifs is 1. The van der Waals surface area contributed by atoms with Gasteiger partial charge in [-0.3, -0.25) is 9.48 Å². The molecule has 1 unspecified atom stereocenters. The van der Waals surface area contributed by atoms with Crippen LogP contribution in [-0.2, 0) is 7.05 Å². The Labute approximate surface area is 147 Å². The van der Waals surface area contributed by atoms with Gasteiger partial charge in [-0.2, -0.15) is 5.10 Å². The maximum absolute atomic E-state index is 13.1. The highest BCUT2D eigenvalue weighted by Crippen LogP contribution is 2.36. The Bertz CT molecular complexity index is 968. The maximum Gasteiger partial charge on any atom is 0.274 e. The molecule has 4 heterocycles. The number of likely N-dealkylation sites (tertiary alicyclic amines) is 1. The standard InChI is InChI=1S/C19H23N5O/c1-12-7-9-23-11-15(20-17(23)10-12)19(25)24-8-5-6-16(24)18-13(2)21-22(4)14(18)3/h7,9-11,16H,5-6,8H2,1-4H3. The molecule has 0 aliphatic carbocycles. The lowest BCUT2D eigenvalue weighted by Crippen LogP contribution is -2.31. The molecule has 6 nitrogen and oxygen atoms in total. The van der Waals surface area contributed by atoms with Gasteiger partial charge in [-0.15, -0.1) is 0 Å². The summed E-state index contributed by atoms with van der Waals surface area (Å²) >= 11 is 0. The minimum Gasteiger partial charge on any atom is -0.330 e. The third kappa shape index (κ3) is 2.52. The molecule has 1 fully saturated rings. The summed E-state index contributed by atoms with van der Waals surface area (Å²) in [6.07, 6.45) is 5.77. The summed E-state index contributed by atoms with van der Waals surface area (Å²) in [6.45, 7) is 6.89. The van der Waals surface area contributed by atoms with E-state index >= 15 is 0 Å². The smallest absolute Gasteiger partial charge is 0.274 e. The first-order valence-electron chi connectivity index (χ1n) is 8.72. The number of aryl methyl sites for hydroxylation is 3. The van der Waals surface area contributed by atoms with E-state index in [0.29, 0.717) is 5.69 Å². The number of amides is 1. The second-order valence-corrected chi connectivity index (χ2v) is 6.96. The molecule has 3 aromatic rings. The van der Waals surface area contributed by atoms with E-state index in [2.05, 4.69) is 17.0 Å². The zero-order chi connectivity index (χ0) is 17.7. The third-order valence-corrected chi connectivity index (χ3v) is 5.25. The SMILES string of the molecule is Cc1ccn2cc(C(=O)N3CCCC3c3c(C)nn(C)c3C)nc2c1. The second-order valence-electron chi connectivity index (χ2n) is 6.96. The summed E-state index contributed by atoms with van der Waals surface area (Å²) < 4.78 is 3.81. The van der Waals surface area contributed by atoms with Gasteiger partial charge in [-0.05, 0) is 51.3 Å². The van der Waals surface area contributed by atoms with Crippen LogP contribution in [-0.4, -0.2) is 36.5 Å². The zero-order valence-corrected chi connectivity index (χ0v) is 15.2. The molecule has 4 rings (SSSR count). The van der Waals surface area contributed by atoms with Crippen LogP contribution in [0.25, 0.3) is 5.65 Å². The molecule has 0 aromatic carbocycles. The van der Waals surface area contributed by atoms with Gasteiger partial charge in [0.2, 0.25) is 0 Å². The van der Waals surface area contributed by atoms with Gasteiger partial charge in [0.1, 0.15) is 11.3 Å². The molecule has 1 atom stereocenters. The van der Waals surface area contributed by atoms with Crippen LogP contribution in [0.3, 0.4) is 0 Å². The quantitative estimate of drug-likeness (QED) is 0.722. The van der Waals surface area contributed by atoms with Crippen molar-refractivity contribution in [2.45, 2.75) is 39.7 Å². The Hall–Kier alpha value is -2.63. The first-order valence-corrected chi connectivity index (χ1v) is 8.72. The molecule has 0 radical (unpaired) electrons. The van der Waals surface area contributed by atoms with E-state index in [9.17, 15) is 4.79 Å². The first kappa shape index (κ1) is 15.9. The molecule has 1 amide bonds. The molecular weight excluding hydrogens is 314 g/mol. The Kier molecular flexibility index (Phi) is 3.63. The van der Waals surface area contributed by atoms with Crippen molar-refractivity contribution in [3.05, 3.63) is 52.7 Å². The fourth-order valence-corrected chi connectivity index (χ4v) is 3.92. The van der Waals surface area contributed by atoms with Crippen LogP contribution in [0.4, 0.5) is 0 Å². The summed E-state index contributed by atoms with van der Waals surface area (Å²) in [6, 6.07) is 4.10. The van der Waals surface area contributed by atoms with E-state index < -0.39 is 0 Å². The van der Waals surface area contributed by atoms with E-state index in [1.807, 2.05) is 59.4 Å². The normalized spacial score (nSPS) is 17.6. The van der Waals surface area contributed by atoms with Crippen molar-refractivity contribution in [1.82, 2.24) is 24.1 Å². The molecule has 6 heteroatoms. The number of hydrogen-bond acceptors (Lipinski definition) is 3. The van der Waals surface area contributed by atoms with Crippen molar-refractivity contribution < 1.29 is 4.79 Å². The summed E-state index contributed by atoms with van der Waals surface area (Å²) in [5, 5.41) is 4.53. The summed E-state index contributed by atoms with van der Waals surface area (Å²) in [5.41, 5.74) is 5.79. The molecule has 25 heavy (non-hydrogen) atoms. The van der Waals surface area contributed by atoms with E-state index in [1.165, 1.54) is 5.56 Å². The van der Waals surface area contributed by atoms with E-state index in [-0.39, 0.29) is 11.9 Å². The number of aromatic nitrogens is 4. The lowest BCUT2D eigenvalue weighted by atomic mass is 10.0. The number of imidazole rings is 1. The van der Waals surface area contributed by atoms with Crippen molar-refractivity contribution in [3.8, 4) is 0 Å². The fraction of sp³-hybridized carbons (Fsp3) is 0.421. The van der Waals surface area contributed by atoms with E-state index in [1.54, 1.807) is 0 Å². The van der Waals surface area contributed by atoms with Crippen LogP contribution in [0.5, 0.6) is 0 Å². The summed E-state index contributed by atoms with van der Waals surface area (Å²) in [5.74, 6) is 0.00602. The maximum atomic E-state index is 13.1. The minimum atomic E-state index is 0.00602. The molecule has 130 valence electrons. The van der Waals surface area contributed by atoms with Crippen molar-refractivity contribution in [3.63, 3.8) is 0 Å². The topological polar surface area (TPSA) is 55.4 Å². The Morgan fingerprint density at radius 3 is 2.80 bits per heavy atom. The van der Waals surface area contributed by atoms with Gasteiger partial charge in [-0.1, -0.05) is 0 Å². The van der Waals surface area contributed by atoms with Crippen LogP contribution in [0, 0.1) is 20.8 Å². The molecule has 3 aromatic heterocycles. The van der Waals surface area contributed by atoms with Crippen molar-refractivity contribution in [2.24, 2.45) is 7.05 Å². The highest BCUT2D eigenvalue weighted by Gasteiger charge is 2.34. The lowest BCUT2D eigenvalue weighted by Gasteiger charge is -2.24. The largest absolute Gasteiger partial charge is 0.330 e. The van der Waals surface area contributed by atoms with Gasteiger partial charge in [0.05, 0.1) is 11.7 Å². The third-order valence-electron chi connectivity index (χ3n) is 5.25. The van der Waals surface area contributed by atoms with Crippen LogP contribution in [0.1, 0.15) is 51.9 Å². The molecular formula is C19H23N5O. The van der Waals surface area contributed by atoms with Crippen molar-refractivity contribution in [2.75, 3.05) is 6.54 Å². The molecule has 0 N–H and O–H groups in total. The van der Waals surface area contributed by atoms with Crippen molar-refractivity contribution >= 4 is 11.6 Å². The highest BCUT2D eigenvalue weighted by molar-refractivity contribution is 5.93. The van der Waals surface area contributed by atoms with Gasteiger partial charge >= 0.3 is 0 Å². The molecule has 0 bridgehead atoms. The lowest BCUT2D eigenvalue weighted by molar-refractivity contribution is 0.0729. The van der Waals surface area contributed by atoms with Gasteiger partial charge in [0.25, 0.3) is 5.91 Å². The predicted octanol–water partition coefficient (Wildman–Crippen LogP) is 2.97. The van der Waals surface area contributed by atoms with Crippen molar-refractivity contribution in [1.29, 1.82) is 0 Å². The second kappa shape index (κ2) is 5.72. The molecule has 1 aliphatic heterocycles. The van der Waals surface area contributed by atoms with Crippen LogP contribution in [0.2, 0.25) is 0 Å². The minimum absolute atomic E-state index is 0.00602. The monoisotopic (exact) mass is 337 g/mol. The molecule has 0 spiro atoms. The molecule has 1 aliphatic rings. The first-order chi connectivity index (χ1) is 12.0. The number of pyridine rings is 1. The predicted molar refractivity (Wildman–Crippen MR) is 95.6 cm³/mol. The number of carbonyl (C=O) groups excluding carboxylic acids is 1. The molecule has 1 saturated heterocycles. The van der Waals surface area contributed by atoms with E-state index in [0.717, 1.165) is 42.0 Å². The number of nitrogens with zero attached hydrogens (tertiary/aromatic N) is 5. The van der Waals surface area contributed by atoms with Crippen LogP contribution >= 0.6 is 0 Å². The zero-order valence-electron chi connectivity index (χ0n) is 15.2. The number of rotatable bonds is 2. The average molecular weight is 337 g/mol. The Balaban J connectivity index is 1.70. The van der Waals surface area contributed by atoms with Gasteiger partial charge in [0, 0.05) is 37.2 Å². The Morgan fingerprint density at radius 2 is 2.08 bits per heavy atom. The number of hydrogen-bond donors (Lipinski definition) is 0. The van der Waals surface area contributed by atoms with Gasteiger partial charge in [-0.25, -0.2) is 4.98 Å². The van der Waals surface area contributed by atoms with E-state index in [4.69, 9.17) is 0 Å². The summed E-state index contributed by atoms with van der Waals surface area (Å²) in [7, 11) is 1.96. The fourth-order valence-electron chi connectivity index (χ4n) is 3.92. The van der Waals surface area contributed by atoms with Gasteiger partial charge in [0.15, 0.2) is 0 Å². The number of carbonyl (C=O) groups is 1. The van der Waals surface area contributed by atoms with Crippen LogP contribution in [0.15, 0.2) is 24.5 Å². The van der Waals surface area contributed by atoms with Gasteiger partial charge < -0.3 is 9.30 Å². The molecule has 0 saturated carbocycles. The average Bonchev–Trinajstić information content (AvgIpc) is 3.25. The highest BCUT2D eigenvalue weighted by atomic mass is 16.2.